The van der Waals surface area contributed by atoms with Crippen LogP contribution >= 0.6 is 11.3 Å². The second-order valence-corrected chi connectivity index (χ2v) is 6.87. The van der Waals surface area contributed by atoms with Crippen molar-refractivity contribution < 1.29 is 9.47 Å². The molecule has 0 unspecified atom stereocenters. The van der Waals surface area contributed by atoms with Crippen molar-refractivity contribution in [3.8, 4) is 23.5 Å². The number of methoxy groups -OCH3 is 1. The lowest BCUT2D eigenvalue weighted by atomic mass is 10.2. The number of nitrogens with zero attached hydrogens (tertiary/aromatic N) is 3. The normalized spacial score (nSPS) is 14.1. The van der Waals surface area contributed by atoms with Gasteiger partial charge in [-0.15, -0.1) is 11.3 Å². The molecule has 27 heavy (non-hydrogen) atoms. The number of rotatable bonds is 5. The Morgan fingerprint density at radius 2 is 1.96 bits per heavy atom. The van der Waals surface area contributed by atoms with Crippen molar-refractivity contribution in [2.45, 2.75) is 0 Å². The van der Waals surface area contributed by atoms with Crippen LogP contribution in [-0.4, -0.2) is 54.9 Å². The molecule has 1 N–H and O–H groups in total. The third-order valence-corrected chi connectivity index (χ3v) is 5.00. The predicted octanol–water partition coefficient (Wildman–Crippen LogP) is 2.34. The van der Waals surface area contributed by atoms with Crippen molar-refractivity contribution in [3.63, 3.8) is 0 Å². The molecule has 2 aromatic heterocycles. The van der Waals surface area contributed by atoms with Gasteiger partial charge in [0, 0.05) is 42.6 Å². The summed E-state index contributed by atoms with van der Waals surface area (Å²) in [5.41, 5.74) is 3.14. The monoisotopic (exact) mass is 380 g/mol. The van der Waals surface area contributed by atoms with Crippen LogP contribution in [-0.2, 0) is 0 Å². The fourth-order valence-electron chi connectivity index (χ4n) is 2.78. The topological polar surface area (TPSA) is 59.5 Å². The number of benzene rings is 1. The summed E-state index contributed by atoms with van der Waals surface area (Å²) >= 11 is 1.57. The summed E-state index contributed by atoms with van der Waals surface area (Å²) in [5, 5.41) is 7.26. The molecule has 1 fully saturated rings. The second kappa shape index (κ2) is 8.35. The lowest BCUT2D eigenvalue weighted by molar-refractivity contribution is 0.230. The number of fused-ring (bicyclic) bond motifs is 1. The van der Waals surface area contributed by atoms with E-state index in [9.17, 15) is 0 Å². The van der Waals surface area contributed by atoms with Crippen molar-refractivity contribution in [1.29, 1.82) is 0 Å². The van der Waals surface area contributed by atoms with Crippen LogP contribution in [0.25, 0.3) is 11.0 Å². The van der Waals surface area contributed by atoms with Gasteiger partial charge in [0.15, 0.2) is 5.69 Å². The van der Waals surface area contributed by atoms with Gasteiger partial charge in [0.25, 0.3) is 0 Å². The molecule has 138 valence electrons. The molecule has 0 radical (unpaired) electrons. The van der Waals surface area contributed by atoms with Crippen LogP contribution in [0, 0.1) is 11.8 Å². The Kier molecular flexibility index (Phi) is 5.49. The van der Waals surface area contributed by atoms with E-state index in [0.29, 0.717) is 18.2 Å². The van der Waals surface area contributed by atoms with Crippen molar-refractivity contribution in [2.24, 2.45) is 0 Å². The lowest BCUT2D eigenvalue weighted by Gasteiger charge is -2.14. The van der Waals surface area contributed by atoms with Crippen molar-refractivity contribution in [1.82, 2.24) is 20.2 Å². The molecular weight excluding hydrogens is 360 g/mol. The van der Waals surface area contributed by atoms with E-state index >= 15 is 0 Å². The predicted molar refractivity (Wildman–Crippen MR) is 106 cm³/mol. The fraction of sp³-hybridized carbons (Fsp3) is 0.300. The number of hydrogen-bond acceptors (Lipinski definition) is 7. The Labute approximate surface area is 162 Å². The third kappa shape index (κ3) is 4.37. The summed E-state index contributed by atoms with van der Waals surface area (Å²) < 4.78 is 11.1. The summed E-state index contributed by atoms with van der Waals surface area (Å²) in [6.07, 6.45) is 0. The van der Waals surface area contributed by atoms with Crippen LogP contribution < -0.4 is 14.8 Å². The lowest BCUT2D eigenvalue weighted by Crippen LogP contribution is -2.27. The highest BCUT2D eigenvalue weighted by atomic mass is 32.1. The molecule has 1 aliphatic rings. The molecule has 7 heteroatoms. The van der Waals surface area contributed by atoms with E-state index in [1.807, 2.05) is 35.0 Å². The molecule has 3 aromatic rings. The van der Waals surface area contributed by atoms with Gasteiger partial charge < -0.3 is 14.8 Å². The summed E-state index contributed by atoms with van der Waals surface area (Å²) in [4.78, 5) is 11.5. The number of thiophene rings is 1. The quantitative estimate of drug-likeness (QED) is 0.686. The first kappa shape index (κ1) is 17.7. The molecule has 1 saturated heterocycles. The van der Waals surface area contributed by atoms with Gasteiger partial charge in [0.2, 0.25) is 5.88 Å². The molecule has 0 amide bonds. The summed E-state index contributed by atoms with van der Waals surface area (Å²) in [6, 6.07) is 7.62. The van der Waals surface area contributed by atoms with E-state index in [2.05, 4.69) is 32.0 Å². The fourth-order valence-corrected chi connectivity index (χ4v) is 3.46. The number of hydrogen-bond donors (Lipinski definition) is 1. The smallest absolute Gasteiger partial charge is 0.249 e. The van der Waals surface area contributed by atoms with Crippen molar-refractivity contribution in [2.75, 3.05) is 40.0 Å². The minimum Gasteiger partial charge on any atom is -0.497 e. The van der Waals surface area contributed by atoms with Gasteiger partial charge in [-0.2, -0.15) is 0 Å². The molecular formula is C20H20N4O2S. The molecule has 1 aromatic carbocycles. The van der Waals surface area contributed by atoms with Crippen LogP contribution in [0.15, 0.2) is 35.0 Å². The van der Waals surface area contributed by atoms with Gasteiger partial charge in [-0.05, 0) is 30.2 Å². The van der Waals surface area contributed by atoms with Crippen LogP contribution in [0.1, 0.15) is 11.3 Å². The summed E-state index contributed by atoms with van der Waals surface area (Å²) in [6.45, 7) is 4.38. The molecule has 0 bridgehead atoms. The number of aromatic nitrogens is 2. The van der Waals surface area contributed by atoms with Gasteiger partial charge in [0.1, 0.15) is 23.4 Å². The third-order valence-electron chi connectivity index (χ3n) is 4.28. The van der Waals surface area contributed by atoms with Crippen LogP contribution in [0.5, 0.6) is 11.6 Å². The van der Waals surface area contributed by atoms with Crippen LogP contribution in [0.3, 0.4) is 0 Å². The first-order valence-electron chi connectivity index (χ1n) is 8.78. The molecule has 3 heterocycles. The molecule has 6 nitrogen and oxygen atoms in total. The van der Waals surface area contributed by atoms with Gasteiger partial charge in [0.05, 0.1) is 7.11 Å². The Balaban J connectivity index is 1.55. The Bertz CT molecular complexity index is 969. The maximum Gasteiger partial charge on any atom is 0.249 e. The standard InChI is InChI=1S/C20H20N4O2S/c1-25-16-5-2-15(3-6-16)4-7-17-20(23-19-13-27-12-18(19)22-17)26-11-10-24-9-8-21-14-24/h2-3,5-6,12-13,21H,8-11,14H2,1H3. The van der Waals surface area contributed by atoms with Crippen LogP contribution in [0.4, 0.5) is 0 Å². The maximum atomic E-state index is 5.94. The first-order valence-corrected chi connectivity index (χ1v) is 9.72. The SMILES string of the molecule is COc1ccc(C#Cc2nc3cscc3nc2OCCN2CCNC2)cc1. The highest BCUT2D eigenvalue weighted by molar-refractivity contribution is 7.09. The summed E-state index contributed by atoms with van der Waals surface area (Å²) in [5.74, 6) is 7.55. The van der Waals surface area contributed by atoms with E-state index in [1.54, 1.807) is 18.4 Å². The van der Waals surface area contributed by atoms with E-state index < -0.39 is 0 Å². The number of ether oxygens (including phenoxy) is 2. The largest absolute Gasteiger partial charge is 0.497 e. The minimum absolute atomic E-state index is 0.495. The second-order valence-electron chi connectivity index (χ2n) is 6.12. The first-order chi connectivity index (χ1) is 13.3. The average molecular weight is 380 g/mol. The van der Waals surface area contributed by atoms with Crippen molar-refractivity contribution >= 4 is 22.4 Å². The maximum absolute atomic E-state index is 5.94. The molecule has 0 atom stereocenters. The highest BCUT2D eigenvalue weighted by Gasteiger charge is 2.13. The van der Waals surface area contributed by atoms with Crippen molar-refractivity contribution in [3.05, 3.63) is 46.3 Å². The summed E-state index contributed by atoms with van der Waals surface area (Å²) in [7, 11) is 1.65. The molecule has 0 aliphatic carbocycles. The number of nitrogens with one attached hydrogen (secondary N) is 1. The van der Waals surface area contributed by atoms with Gasteiger partial charge >= 0.3 is 0 Å². The van der Waals surface area contributed by atoms with E-state index in [-0.39, 0.29) is 0 Å². The molecule has 4 rings (SSSR count). The molecule has 1 aliphatic heterocycles. The van der Waals surface area contributed by atoms with Gasteiger partial charge in [-0.1, -0.05) is 5.92 Å². The average Bonchev–Trinajstić information content (AvgIpc) is 3.38. The Morgan fingerprint density at radius 3 is 2.70 bits per heavy atom. The van der Waals surface area contributed by atoms with E-state index in [1.165, 1.54) is 0 Å². The van der Waals surface area contributed by atoms with Gasteiger partial charge in [-0.25, -0.2) is 9.97 Å². The highest BCUT2D eigenvalue weighted by Crippen LogP contribution is 2.21. The van der Waals surface area contributed by atoms with E-state index in [0.717, 1.165) is 48.6 Å². The zero-order valence-corrected chi connectivity index (χ0v) is 15.9. The molecule has 0 saturated carbocycles. The Morgan fingerprint density at radius 1 is 1.15 bits per heavy atom. The zero-order chi connectivity index (χ0) is 18.5. The Hall–Kier alpha value is -2.66. The zero-order valence-electron chi connectivity index (χ0n) is 15.1. The minimum atomic E-state index is 0.495. The molecule has 0 spiro atoms. The van der Waals surface area contributed by atoms with Crippen LogP contribution in [0.2, 0.25) is 0 Å². The van der Waals surface area contributed by atoms with Gasteiger partial charge in [-0.3, -0.25) is 4.90 Å². The van der Waals surface area contributed by atoms with E-state index in [4.69, 9.17) is 9.47 Å².